The van der Waals surface area contributed by atoms with Crippen LogP contribution in [0.3, 0.4) is 0 Å². The average Bonchev–Trinajstić information content (AvgIpc) is 3.03. The molecule has 0 radical (unpaired) electrons. The Kier molecular flexibility index (Phi) is 2.95. The summed E-state index contributed by atoms with van der Waals surface area (Å²) in [6.45, 7) is 5.13. The van der Waals surface area contributed by atoms with Crippen LogP contribution in [0.1, 0.15) is 35.5 Å². The maximum atomic E-state index is 4.50. The first kappa shape index (κ1) is 12.8. The summed E-state index contributed by atoms with van der Waals surface area (Å²) in [7, 11) is 0. The zero-order valence-electron chi connectivity index (χ0n) is 12.6. The lowest BCUT2D eigenvalue weighted by atomic mass is 10.0. The summed E-state index contributed by atoms with van der Waals surface area (Å²) in [4.78, 5) is 8.93. The van der Waals surface area contributed by atoms with E-state index in [0.29, 0.717) is 0 Å². The molecule has 21 heavy (non-hydrogen) atoms. The molecule has 0 bridgehead atoms. The highest BCUT2D eigenvalue weighted by atomic mass is 15.0. The van der Waals surface area contributed by atoms with Crippen molar-refractivity contribution in [1.29, 1.82) is 0 Å². The fraction of sp³-hybridized carbons (Fsp3) is 0.444. The van der Waals surface area contributed by atoms with Crippen molar-refractivity contribution in [2.75, 3.05) is 11.9 Å². The van der Waals surface area contributed by atoms with Crippen LogP contribution < -0.4 is 5.32 Å². The summed E-state index contributed by atoms with van der Waals surface area (Å²) in [5.41, 5.74) is 4.27. The van der Waals surface area contributed by atoms with Crippen molar-refractivity contribution in [2.45, 2.75) is 32.6 Å². The van der Waals surface area contributed by atoms with Crippen molar-refractivity contribution < 1.29 is 0 Å². The zero-order chi connectivity index (χ0) is 14.4. The monoisotopic (exact) mass is 279 g/mol. The third-order valence-corrected chi connectivity index (χ3v) is 4.97. The van der Waals surface area contributed by atoms with E-state index in [9.17, 15) is 0 Å². The zero-order valence-corrected chi connectivity index (χ0v) is 12.6. The number of nitrogens with zero attached hydrogens (tertiary/aromatic N) is 2. The molecule has 2 aliphatic carbocycles. The highest BCUT2D eigenvalue weighted by molar-refractivity contribution is 5.45. The van der Waals surface area contributed by atoms with E-state index < -0.39 is 0 Å². The number of benzene rings is 1. The number of fused-ring (bicyclic) bond motifs is 3. The van der Waals surface area contributed by atoms with Gasteiger partial charge in [-0.25, -0.2) is 9.97 Å². The summed E-state index contributed by atoms with van der Waals surface area (Å²) in [6.07, 6.45) is 2.22. The summed E-state index contributed by atoms with van der Waals surface area (Å²) in [5.74, 6) is 4.25. The van der Waals surface area contributed by atoms with Gasteiger partial charge in [-0.2, -0.15) is 0 Å². The van der Waals surface area contributed by atoms with Gasteiger partial charge in [-0.1, -0.05) is 31.2 Å². The molecule has 0 saturated heterocycles. The minimum Gasteiger partial charge on any atom is -0.370 e. The molecule has 0 amide bonds. The second-order valence-corrected chi connectivity index (χ2v) is 6.28. The third-order valence-electron chi connectivity index (χ3n) is 4.97. The number of hydrogen-bond acceptors (Lipinski definition) is 3. The predicted molar refractivity (Wildman–Crippen MR) is 84.5 cm³/mol. The van der Waals surface area contributed by atoms with Crippen LogP contribution in [0, 0.1) is 18.8 Å². The topological polar surface area (TPSA) is 37.8 Å². The average molecular weight is 279 g/mol. The van der Waals surface area contributed by atoms with E-state index in [2.05, 4.69) is 52.5 Å². The summed E-state index contributed by atoms with van der Waals surface area (Å²) in [6, 6.07) is 11.0. The Morgan fingerprint density at radius 2 is 2.10 bits per heavy atom. The molecule has 0 aliphatic heterocycles. The lowest BCUT2D eigenvalue weighted by Crippen LogP contribution is -2.10. The van der Waals surface area contributed by atoms with Crippen LogP contribution in [0.5, 0.6) is 0 Å². The Balaban J connectivity index is 1.43. The predicted octanol–water partition coefficient (Wildman–Crippen LogP) is 3.35. The first-order valence-corrected chi connectivity index (χ1v) is 7.92. The Morgan fingerprint density at radius 3 is 2.95 bits per heavy atom. The Bertz CT molecular complexity index is 680. The molecule has 2 aliphatic rings. The number of nitrogens with one attached hydrogen (secondary N) is 1. The third kappa shape index (κ3) is 2.21. The Morgan fingerprint density at radius 1 is 1.24 bits per heavy atom. The molecule has 2 aromatic rings. The van der Waals surface area contributed by atoms with E-state index in [1.165, 1.54) is 6.42 Å². The minimum atomic E-state index is 0.778. The number of hydrogen-bond donors (Lipinski definition) is 1. The fourth-order valence-corrected chi connectivity index (χ4v) is 3.89. The smallest absolute Gasteiger partial charge is 0.129 e. The van der Waals surface area contributed by atoms with Crippen LogP contribution in [0.15, 0.2) is 30.3 Å². The molecule has 1 saturated carbocycles. The largest absolute Gasteiger partial charge is 0.370 e. The second-order valence-electron chi connectivity index (χ2n) is 6.28. The van der Waals surface area contributed by atoms with Crippen LogP contribution >= 0.6 is 0 Å². The van der Waals surface area contributed by atoms with Crippen LogP contribution in [-0.4, -0.2) is 16.5 Å². The van der Waals surface area contributed by atoms with Crippen molar-refractivity contribution in [3.63, 3.8) is 0 Å². The van der Waals surface area contributed by atoms with Gasteiger partial charge in [0.2, 0.25) is 0 Å². The normalized spacial score (nSPS) is 25.3. The molecular weight excluding hydrogens is 258 g/mol. The highest BCUT2D eigenvalue weighted by Gasteiger charge is 2.54. The van der Waals surface area contributed by atoms with Crippen molar-refractivity contribution in [2.24, 2.45) is 11.8 Å². The highest BCUT2D eigenvalue weighted by Crippen LogP contribution is 2.61. The maximum absolute atomic E-state index is 4.50. The Hall–Kier alpha value is -1.90. The molecule has 3 heteroatoms. The van der Waals surface area contributed by atoms with Crippen LogP contribution in [0.25, 0.3) is 0 Å². The summed E-state index contributed by atoms with van der Waals surface area (Å²) in [5, 5.41) is 3.53. The lowest BCUT2D eigenvalue weighted by molar-refractivity contribution is 0.717. The van der Waals surface area contributed by atoms with E-state index >= 15 is 0 Å². The minimum absolute atomic E-state index is 0.778. The van der Waals surface area contributed by atoms with Gasteiger partial charge >= 0.3 is 0 Å². The first-order valence-electron chi connectivity index (χ1n) is 7.92. The summed E-state index contributed by atoms with van der Waals surface area (Å²) < 4.78 is 0. The van der Waals surface area contributed by atoms with Gasteiger partial charge in [0.25, 0.3) is 0 Å². The van der Waals surface area contributed by atoms with Crippen LogP contribution in [-0.2, 0) is 12.8 Å². The van der Waals surface area contributed by atoms with E-state index in [4.69, 9.17) is 0 Å². The lowest BCUT2D eigenvalue weighted by Gasteiger charge is -2.10. The van der Waals surface area contributed by atoms with E-state index in [1.807, 2.05) is 6.92 Å². The van der Waals surface area contributed by atoms with E-state index in [0.717, 1.165) is 48.1 Å². The number of rotatable bonds is 4. The van der Waals surface area contributed by atoms with Gasteiger partial charge in [0.05, 0.1) is 0 Å². The van der Waals surface area contributed by atoms with Gasteiger partial charge in [-0.15, -0.1) is 0 Å². The molecule has 1 aromatic heterocycles. The van der Waals surface area contributed by atoms with Crippen molar-refractivity contribution in [3.8, 4) is 0 Å². The fourth-order valence-electron chi connectivity index (χ4n) is 3.89. The van der Waals surface area contributed by atoms with E-state index in [-0.39, 0.29) is 0 Å². The van der Waals surface area contributed by atoms with Gasteiger partial charge in [0.15, 0.2) is 0 Å². The number of aromatic nitrogens is 2. The molecular formula is C18H21N3. The van der Waals surface area contributed by atoms with E-state index in [1.54, 1.807) is 11.1 Å². The number of aryl methyl sites for hydroxylation is 2. The molecule has 3 unspecified atom stereocenters. The summed E-state index contributed by atoms with van der Waals surface area (Å²) >= 11 is 0. The van der Waals surface area contributed by atoms with Gasteiger partial charge < -0.3 is 5.32 Å². The van der Waals surface area contributed by atoms with Crippen LogP contribution in [0.2, 0.25) is 0 Å². The molecule has 1 N–H and O–H groups in total. The van der Waals surface area contributed by atoms with Crippen molar-refractivity contribution >= 4 is 5.82 Å². The molecule has 1 heterocycles. The van der Waals surface area contributed by atoms with Gasteiger partial charge in [0, 0.05) is 18.3 Å². The molecule has 3 atom stereocenters. The molecule has 1 fully saturated rings. The van der Waals surface area contributed by atoms with Gasteiger partial charge in [-0.3, -0.25) is 0 Å². The number of anilines is 1. The molecule has 108 valence electrons. The molecule has 3 nitrogen and oxygen atoms in total. The first-order chi connectivity index (χ1) is 10.3. The maximum Gasteiger partial charge on any atom is 0.129 e. The Labute approximate surface area is 125 Å². The van der Waals surface area contributed by atoms with Crippen molar-refractivity contribution in [1.82, 2.24) is 9.97 Å². The SMILES string of the molecule is CCc1cc(NCC2C3Cc4ccccc4C23)nc(C)n1. The van der Waals surface area contributed by atoms with Gasteiger partial charge in [0.1, 0.15) is 11.6 Å². The van der Waals surface area contributed by atoms with Crippen LogP contribution in [0.4, 0.5) is 5.82 Å². The molecule has 4 rings (SSSR count). The van der Waals surface area contributed by atoms with Gasteiger partial charge in [-0.05, 0) is 48.6 Å². The molecule has 1 aromatic carbocycles. The quantitative estimate of drug-likeness (QED) is 0.932. The second kappa shape index (κ2) is 4.83. The van der Waals surface area contributed by atoms with Crippen molar-refractivity contribution in [3.05, 3.63) is 53.0 Å². The molecule has 0 spiro atoms. The standard InChI is InChI=1S/C18H21N3/c1-3-13-9-17(21-11(2)20-13)19-10-16-15-8-12-6-4-5-7-14(12)18(15)16/h4-7,9,15-16,18H,3,8,10H2,1-2H3,(H,19,20,21).